The molecular weight excluding hydrogens is 204 g/mol. The van der Waals surface area contributed by atoms with Crippen LogP contribution in [0.2, 0.25) is 0 Å². The zero-order valence-corrected chi connectivity index (χ0v) is 8.61. The highest BCUT2D eigenvalue weighted by atomic mass is 35.5. The first-order valence-corrected chi connectivity index (χ1v) is 5.17. The molecule has 14 heavy (non-hydrogen) atoms. The van der Waals surface area contributed by atoms with E-state index in [1.807, 2.05) is 4.57 Å². The molecular formula is C9H13ClN2O2. The Bertz CT molecular complexity index is 282. The molecule has 0 atom stereocenters. The fourth-order valence-corrected chi connectivity index (χ4v) is 1.74. The van der Waals surface area contributed by atoms with Crippen molar-refractivity contribution in [2.24, 2.45) is 0 Å². The van der Waals surface area contributed by atoms with Crippen molar-refractivity contribution >= 4 is 11.6 Å². The summed E-state index contributed by atoms with van der Waals surface area (Å²) in [6, 6.07) is 0.203. The van der Waals surface area contributed by atoms with Gasteiger partial charge in [-0.1, -0.05) is 0 Å². The lowest BCUT2D eigenvalue weighted by atomic mass is 10.3. The number of alkyl halides is 1. The largest absolute Gasteiger partial charge is 0.377 e. The van der Waals surface area contributed by atoms with Crippen LogP contribution in [0.5, 0.6) is 0 Å². The van der Waals surface area contributed by atoms with Crippen molar-refractivity contribution in [2.75, 3.05) is 26.4 Å². The van der Waals surface area contributed by atoms with Gasteiger partial charge < -0.3 is 14.0 Å². The summed E-state index contributed by atoms with van der Waals surface area (Å²) in [5, 5.41) is 0. The Morgan fingerprint density at radius 1 is 1.43 bits per heavy atom. The van der Waals surface area contributed by atoms with Gasteiger partial charge in [-0.15, -0.1) is 11.6 Å². The van der Waals surface area contributed by atoms with Gasteiger partial charge in [0.25, 0.3) is 0 Å². The number of halogens is 1. The zero-order chi connectivity index (χ0) is 9.80. The minimum atomic E-state index is 0.203. The normalized spacial score (nSPS) is 19.5. The van der Waals surface area contributed by atoms with Crippen LogP contribution in [0.4, 0.5) is 0 Å². The van der Waals surface area contributed by atoms with Gasteiger partial charge in [-0.25, -0.2) is 4.98 Å². The number of aromatic nitrogens is 2. The summed E-state index contributed by atoms with van der Waals surface area (Å²) >= 11 is 5.79. The molecule has 1 aliphatic heterocycles. The first-order valence-electron chi connectivity index (χ1n) is 4.64. The lowest BCUT2D eigenvalue weighted by Crippen LogP contribution is -2.18. The Labute approximate surface area is 87.8 Å². The molecule has 0 radical (unpaired) electrons. The highest BCUT2D eigenvalue weighted by Gasteiger charge is 2.16. The predicted molar refractivity (Wildman–Crippen MR) is 52.5 cm³/mol. The minimum absolute atomic E-state index is 0.203. The van der Waals surface area contributed by atoms with Gasteiger partial charge in [0.05, 0.1) is 50.4 Å². The van der Waals surface area contributed by atoms with Gasteiger partial charge in [-0.05, 0) is 0 Å². The van der Waals surface area contributed by atoms with Crippen molar-refractivity contribution in [3.63, 3.8) is 0 Å². The first-order chi connectivity index (χ1) is 6.92. The molecule has 0 aliphatic carbocycles. The summed E-state index contributed by atoms with van der Waals surface area (Å²) in [5.41, 5.74) is 1.01. The molecule has 0 bridgehead atoms. The van der Waals surface area contributed by atoms with Crippen molar-refractivity contribution in [3.05, 3.63) is 18.2 Å². The van der Waals surface area contributed by atoms with E-state index in [1.165, 1.54) is 0 Å². The van der Waals surface area contributed by atoms with Gasteiger partial charge in [-0.3, -0.25) is 0 Å². The summed E-state index contributed by atoms with van der Waals surface area (Å²) in [4.78, 5) is 4.07. The summed E-state index contributed by atoms with van der Waals surface area (Å²) in [6.45, 7) is 2.67. The van der Waals surface area contributed by atoms with E-state index in [-0.39, 0.29) is 6.04 Å². The first kappa shape index (κ1) is 9.96. The molecule has 78 valence electrons. The Hall–Kier alpha value is -0.580. The van der Waals surface area contributed by atoms with E-state index in [0.29, 0.717) is 32.3 Å². The van der Waals surface area contributed by atoms with E-state index >= 15 is 0 Å². The van der Waals surface area contributed by atoms with Crippen LogP contribution in [0, 0.1) is 0 Å². The van der Waals surface area contributed by atoms with E-state index in [4.69, 9.17) is 21.1 Å². The van der Waals surface area contributed by atoms with Crippen LogP contribution < -0.4 is 0 Å². The quantitative estimate of drug-likeness (QED) is 0.698. The third-order valence-corrected chi connectivity index (χ3v) is 2.54. The van der Waals surface area contributed by atoms with Crippen LogP contribution in [0.15, 0.2) is 12.5 Å². The highest BCUT2D eigenvalue weighted by molar-refractivity contribution is 6.16. The highest BCUT2D eigenvalue weighted by Crippen LogP contribution is 2.15. The zero-order valence-electron chi connectivity index (χ0n) is 7.86. The minimum Gasteiger partial charge on any atom is -0.377 e. The molecule has 5 heteroatoms. The smallest absolute Gasteiger partial charge is 0.0952 e. The molecule has 0 aromatic carbocycles. The molecule has 0 spiro atoms. The molecule has 1 fully saturated rings. The average molecular weight is 217 g/mol. The van der Waals surface area contributed by atoms with Gasteiger partial charge in [0.15, 0.2) is 0 Å². The van der Waals surface area contributed by atoms with Gasteiger partial charge in [-0.2, -0.15) is 0 Å². The number of imidazole rings is 1. The Balaban J connectivity index is 2.11. The molecule has 0 saturated carbocycles. The Kier molecular flexibility index (Phi) is 3.39. The summed E-state index contributed by atoms with van der Waals surface area (Å²) in [7, 11) is 0. The maximum absolute atomic E-state index is 5.79. The number of hydrogen-bond donors (Lipinski definition) is 0. The van der Waals surface area contributed by atoms with Crippen molar-refractivity contribution in [3.8, 4) is 0 Å². The maximum atomic E-state index is 5.79. The van der Waals surface area contributed by atoms with E-state index in [0.717, 1.165) is 5.69 Å². The van der Waals surface area contributed by atoms with Crippen molar-refractivity contribution in [2.45, 2.75) is 11.9 Å². The second kappa shape index (κ2) is 4.77. The second-order valence-electron chi connectivity index (χ2n) is 3.23. The number of hydrogen-bond acceptors (Lipinski definition) is 3. The third-order valence-electron chi connectivity index (χ3n) is 2.27. The molecule has 1 saturated heterocycles. The van der Waals surface area contributed by atoms with Crippen molar-refractivity contribution in [1.82, 2.24) is 9.55 Å². The standard InChI is InChI=1S/C9H13ClN2O2/c10-3-8-4-11-7-12(8)9-5-13-1-2-14-6-9/h4,7,9H,1-3,5-6H2. The molecule has 0 N–H and O–H groups in total. The summed E-state index contributed by atoms with van der Waals surface area (Å²) < 4.78 is 12.9. The van der Waals surface area contributed by atoms with Crippen LogP contribution in [0.3, 0.4) is 0 Å². The SMILES string of the molecule is ClCc1cncn1C1COCCOC1. The fourth-order valence-electron chi connectivity index (χ4n) is 1.53. The van der Waals surface area contributed by atoms with E-state index in [2.05, 4.69) is 4.98 Å². The number of rotatable bonds is 2. The Morgan fingerprint density at radius 3 is 2.79 bits per heavy atom. The molecule has 1 aromatic rings. The van der Waals surface area contributed by atoms with Crippen LogP contribution in [0.1, 0.15) is 11.7 Å². The second-order valence-corrected chi connectivity index (χ2v) is 3.50. The fraction of sp³-hybridized carbons (Fsp3) is 0.667. The number of nitrogens with zero attached hydrogens (tertiary/aromatic N) is 2. The molecule has 2 heterocycles. The Morgan fingerprint density at radius 2 is 2.14 bits per heavy atom. The van der Waals surface area contributed by atoms with Crippen LogP contribution in [-0.4, -0.2) is 36.0 Å². The van der Waals surface area contributed by atoms with Crippen LogP contribution in [-0.2, 0) is 15.4 Å². The topological polar surface area (TPSA) is 36.3 Å². The maximum Gasteiger partial charge on any atom is 0.0952 e. The van der Waals surface area contributed by atoms with E-state index in [9.17, 15) is 0 Å². The molecule has 1 aliphatic rings. The molecule has 4 nitrogen and oxygen atoms in total. The van der Waals surface area contributed by atoms with Gasteiger partial charge in [0.2, 0.25) is 0 Å². The van der Waals surface area contributed by atoms with Gasteiger partial charge >= 0.3 is 0 Å². The van der Waals surface area contributed by atoms with E-state index in [1.54, 1.807) is 12.5 Å². The molecule has 2 rings (SSSR count). The summed E-state index contributed by atoms with van der Waals surface area (Å²) in [6.07, 6.45) is 3.55. The van der Waals surface area contributed by atoms with Crippen molar-refractivity contribution < 1.29 is 9.47 Å². The average Bonchev–Trinajstić information content (AvgIpc) is 2.52. The van der Waals surface area contributed by atoms with E-state index < -0.39 is 0 Å². The molecule has 0 unspecified atom stereocenters. The van der Waals surface area contributed by atoms with Crippen molar-refractivity contribution in [1.29, 1.82) is 0 Å². The lowest BCUT2D eigenvalue weighted by molar-refractivity contribution is 0.103. The molecule has 1 aromatic heterocycles. The number of ether oxygens (including phenoxy) is 2. The van der Waals surface area contributed by atoms with Gasteiger partial charge in [0, 0.05) is 6.20 Å². The monoisotopic (exact) mass is 216 g/mol. The lowest BCUT2D eigenvalue weighted by Gasteiger charge is -2.16. The predicted octanol–water partition coefficient (Wildman–Crippen LogP) is 1.21. The van der Waals surface area contributed by atoms with Crippen LogP contribution >= 0.6 is 11.6 Å². The summed E-state index contributed by atoms with van der Waals surface area (Å²) in [5.74, 6) is 0.469. The van der Waals surface area contributed by atoms with Crippen LogP contribution in [0.25, 0.3) is 0 Å². The van der Waals surface area contributed by atoms with Gasteiger partial charge in [0.1, 0.15) is 0 Å². The third kappa shape index (κ3) is 2.08. The molecule has 0 amide bonds.